The van der Waals surface area contributed by atoms with Gasteiger partial charge in [0.15, 0.2) is 23.0 Å². The van der Waals surface area contributed by atoms with Crippen LogP contribution < -0.4 is 34.3 Å². The number of amides is 2. The third-order valence-electron chi connectivity index (χ3n) is 3.91. The van der Waals surface area contributed by atoms with E-state index in [1.165, 1.54) is 0 Å². The molecule has 0 aliphatic carbocycles. The Morgan fingerprint density at radius 3 is 2.21 bits per heavy atom. The number of carbonyl (C=O) groups excluding carboxylic acids is 1. The second-order valence-corrected chi connectivity index (χ2v) is 5.64. The quantitative estimate of drug-likeness (QED) is 0.607. The monoisotopic (exact) mass is 390 g/mol. The van der Waals surface area contributed by atoms with Crippen LogP contribution in [0.3, 0.4) is 0 Å². The van der Waals surface area contributed by atoms with E-state index < -0.39 is 0 Å². The fourth-order valence-corrected chi connectivity index (χ4v) is 2.53. The van der Waals surface area contributed by atoms with Gasteiger partial charge in [0.2, 0.25) is 5.75 Å². The summed E-state index contributed by atoms with van der Waals surface area (Å²) < 4.78 is 26.6. The number of hydrogen-bond donors (Lipinski definition) is 2. The first-order chi connectivity index (χ1) is 13.6. The molecule has 0 fully saturated rings. The minimum absolute atomic E-state index is 0.285. The van der Waals surface area contributed by atoms with Crippen LogP contribution in [0.4, 0.5) is 4.79 Å². The smallest absolute Gasteiger partial charge is 0.315 e. The van der Waals surface area contributed by atoms with E-state index in [-0.39, 0.29) is 12.6 Å². The van der Waals surface area contributed by atoms with Crippen LogP contribution in [-0.4, -0.2) is 47.6 Å². The lowest BCUT2D eigenvalue weighted by atomic mass is 10.2. The van der Waals surface area contributed by atoms with E-state index in [1.54, 1.807) is 52.7 Å². The number of benzene rings is 2. The van der Waals surface area contributed by atoms with Gasteiger partial charge in [0.05, 0.1) is 35.0 Å². The van der Waals surface area contributed by atoms with Crippen LogP contribution in [0.15, 0.2) is 36.4 Å². The van der Waals surface area contributed by atoms with Crippen LogP contribution in [0, 0.1) is 0 Å². The van der Waals surface area contributed by atoms with Crippen LogP contribution >= 0.6 is 0 Å². The first-order valence-electron chi connectivity index (χ1n) is 8.69. The molecule has 0 saturated carbocycles. The molecule has 0 saturated heterocycles. The van der Waals surface area contributed by atoms with Crippen molar-refractivity contribution in [1.29, 1.82) is 0 Å². The summed E-state index contributed by atoms with van der Waals surface area (Å²) in [4.78, 5) is 12.0. The molecule has 0 unspecified atom stereocenters. The Kier molecular flexibility index (Phi) is 8.08. The molecule has 0 bridgehead atoms. The molecular weight excluding hydrogens is 364 g/mol. The fraction of sp³-hybridized carbons (Fsp3) is 0.350. The summed E-state index contributed by atoms with van der Waals surface area (Å²) in [5.74, 6) is 2.90. The van der Waals surface area contributed by atoms with Crippen molar-refractivity contribution in [2.24, 2.45) is 0 Å². The highest BCUT2D eigenvalue weighted by molar-refractivity contribution is 5.73. The Bertz CT molecular complexity index is 781. The second kappa shape index (κ2) is 10.8. The molecule has 2 aromatic rings. The zero-order valence-corrected chi connectivity index (χ0v) is 16.5. The number of rotatable bonds is 10. The summed E-state index contributed by atoms with van der Waals surface area (Å²) in [5.41, 5.74) is 0.894. The summed E-state index contributed by atoms with van der Waals surface area (Å²) >= 11 is 0. The topological polar surface area (TPSA) is 87.3 Å². The van der Waals surface area contributed by atoms with Gasteiger partial charge < -0.3 is 34.3 Å². The van der Waals surface area contributed by atoms with Crippen molar-refractivity contribution in [3.8, 4) is 28.7 Å². The molecule has 0 heterocycles. The lowest BCUT2D eigenvalue weighted by Gasteiger charge is -2.14. The van der Waals surface area contributed by atoms with Gasteiger partial charge in [-0.1, -0.05) is 12.1 Å². The highest BCUT2D eigenvalue weighted by Crippen LogP contribution is 2.36. The van der Waals surface area contributed by atoms with Crippen LogP contribution in [-0.2, 0) is 6.54 Å². The van der Waals surface area contributed by atoms with Crippen molar-refractivity contribution in [3.63, 3.8) is 0 Å². The van der Waals surface area contributed by atoms with Crippen molar-refractivity contribution >= 4 is 6.03 Å². The van der Waals surface area contributed by atoms with Gasteiger partial charge in [0.25, 0.3) is 0 Å². The van der Waals surface area contributed by atoms with Gasteiger partial charge in [-0.15, -0.1) is 0 Å². The van der Waals surface area contributed by atoms with Gasteiger partial charge >= 0.3 is 6.03 Å². The first kappa shape index (κ1) is 21.0. The number of methoxy groups -OCH3 is 4. The lowest BCUT2D eigenvalue weighted by molar-refractivity contribution is 0.235. The minimum atomic E-state index is -0.295. The molecular formula is C20H26N2O6. The molecule has 2 rings (SSSR count). The van der Waals surface area contributed by atoms with Crippen molar-refractivity contribution < 1.29 is 28.5 Å². The van der Waals surface area contributed by atoms with Crippen molar-refractivity contribution in [1.82, 2.24) is 10.6 Å². The molecule has 0 aliphatic rings. The fourth-order valence-electron chi connectivity index (χ4n) is 2.53. The molecule has 28 heavy (non-hydrogen) atoms. The number of para-hydroxylation sites is 1. The largest absolute Gasteiger partial charge is 0.493 e. The molecule has 2 N–H and O–H groups in total. The summed E-state index contributed by atoms with van der Waals surface area (Å²) in [6.45, 7) is 0.974. The standard InChI is InChI=1S/C20H26N2O6/c1-24-15-9-8-14(12-18(15)26-3)13-22-20(23)21-10-11-28-17-7-5-6-16(25-2)19(17)27-4/h5-9,12H,10-11,13H2,1-4H3,(H2,21,22,23). The van der Waals surface area contributed by atoms with E-state index in [1.807, 2.05) is 12.1 Å². The molecule has 8 nitrogen and oxygen atoms in total. The maximum absolute atomic E-state index is 12.0. The van der Waals surface area contributed by atoms with Gasteiger partial charge in [-0.05, 0) is 29.8 Å². The third kappa shape index (κ3) is 5.60. The minimum Gasteiger partial charge on any atom is -0.493 e. The average molecular weight is 390 g/mol. The first-order valence-corrected chi connectivity index (χ1v) is 8.69. The van der Waals surface area contributed by atoms with Gasteiger partial charge in [-0.25, -0.2) is 4.79 Å². The van der Waals surface area contributed by atoms with Gasteiger partial charge in [-0.2, -0.15) is 0 Å². The predicted molar refractivity (Wildman–Crippen MR) is 105 cm³/mol. The van der Waals surface area contributed by atoms with E-state index in [4.69, 9.17) is 23.7 Å². The molecule has 0 aliphatic heterocycles. The summed E-state index contributed by atoms with van der Waals surface area (Å²) in [6.07, 6.45) is 0. The lowest BCUT2D eigenvalue weighted by Crippen LogP contribution is -2.37. The van der Waals surface area contributed by atoms with Crippen molar-refractivity contribution in [2.45, 2.75) is 6.54 Å². The van der Waals surface area contributed by atoms with Crippen LogP contribution in [0.1, 0.15) is 5.56 Å². The van der Waals surface area contributed by atoms with E-state index in [0.29, 0.717) is 41.8 Å². The van der Waals surface area contributed by atoms with E-state index in [0.717, 1.165) is 5.56 Å². The van der Waals surface area contributed by atoms with Gasteiger partial charge in [0.1, 0.15) is 6.61 Å². The van der Waals surface area contributed by atoms with E-state index >= 15 is 0 Å². The summed E-state index contributed by atoms with van der Waals surface area (Å²) in [5, 5.41) is 5.52. The van der Waals surface area contributed by atoms with Gasteiger partial charge in [0, 0.05) is 6.54 Å². The third-order valence-corrected chi connectivity index (χ3v) is 3.91. The Morgan fingerprint density at radius 2 is 1.54 bits per heavy atom. The Balaban J connectivity index is 1.76. The number of carbonyl (C=O) groups is 1. The zero-order valence-electron chi connectivity index (χ0n) is 16.5. The molecule has 0 spiro atoms. The van der Waals surface area contributed by atoms with Crippen molar-refractivity contribution in [3.05, 3.63) is 42.0 Å². The van der Waals surface area contributed by atoms with Gasteiger partial charge in [-0.3, -0.25) is 0 Å². The maximum atomic E-state index is 12.0. The summed E-state index contributed by atoms with van der Waals surface area (Å²) in [7, 11) is 6.25. The number of nitrogens with one attached hydrogen (secondary N) is 2. The second-order valence-electron chi connectivity index (χ2n) is 5.64. The average Bonchev–Trinajstić information content (AvgIpc) is 2.74. The molecule has 2 aromatic carbocycles. The molecule has 152 valence electrons. The molecule has 8 heteroatoms. The highest BCUT2D eigenvalue weighted by Gasteiger charge is 2.10. The Morgan fingerprint density at radius 1 is 0.821 bits per heavy atom. The van der Waals surface area contributed by atoms with Crippen LogP contribution in [0.2, 0.25) is 0 Å². The zero-order chi connectivity index (χ0) is 20.4. The maximum Gasteiger partial charge on any atom is 0.315 e. The van der Waals surface area contributed by atoms with E-state index in [2.05, 4.69) is 10.6 Å². The number of urea groups is 1. The van der Waals surface area contributed by atoms with Crippen molar-refractivity contribution in [2.75, 3.05) is 41.6 Å². The highest BCUT2D eigenvalue weighted by atomic mass is 16.5. The number of ether oxygens (including phenoxy) is 5. The van der Waals surface area contributed by atoms with Crippen LogP contribution in [0.25, 0.3) is 0 Å². The SMILES string of the molecule is COc1ccc(CNC(=O)NCCOc2cccc(OC)c2OC)cc1OC. The number of hydrogen-bond acceptors (Lipinski definition) is 6. The Labute approximate surface area is 164 Å². The summed E-state index contributed by atoms with van der Waals surface area (Å²) in [6, 6.07) is 10.5. The predicted octanol–water partition coefficient (Wildman–Crippen LogP) is 2.60. The Hall–Kier alpha value is -3.29. The van der Waals surface area contributed by atoms with E-state index in [9.17, 15) is 4.79 Å². The molecule has 2 amide bonds. The normalized spacial score (nSPS) is 10.0. The molecule has 0 radical (unpaired) electrons. The molecule has 0 atom stereocenters. The van der Waals surface area contributed by atoms with Crippen LogP contribution in [0.5, 0.6) is 28.7 Å². The molecule has 0 aromatic heterocycles.